The first-order valence-corrected chi connectivity index (χ1v) is 5.64. The fourth-order valence-corrected chi connectivity index (χ4v) is 2.28. The van der Waals surface area contributed by atoms with Crippen molar-refractivity contribution in [2.75, 3.05) is 6.54 Å². The molecule has 1 aliphatic heterocycles. The molecule has 0 saturated carbocycles. The molecule has 2 rings (SSSR count). The Morgan fingerprint density at radius 2 is 2.21 bits per heavy atom. The quantitative estimate of drug-likeness (QED) is 0.754. The summed E-state index contributed by atoms with van der Waals surface area (Å²) in [7, 11) is 0. The van der Waals surface area contributed by atoms with Gasteiger partial charge in [0.05, 0.1) is 0 Å². The molecule has 1 aromatic carbocycles. The van der Waals surface area contributed by atoms with Crippen LogP contribution in [0.5, 0.6) is 0 Å². The summed E-state index contributed by atoms with van der Waals surface area (Å²) in [5.74, 6) is 0.733. The van der Waals surface area contributed by atoms with Crippen molar-refractivity contribution in [3.63, 3.8) is 0 Å². The van der Waals surface area contributed by atoms with Gasteiger partial charge in [0.1, 0.15) is 0 Å². The molecule has 0 aliphatic carbocycles. The molecule has 0 amide bonds. The van der Waals surface area contributed by atoms with Crippen LogP contribution in [0.3, 0.4) is 0 Å². The van der Waals surface area contributed by atoms with Crippen LogP contribution in [0.4, 0.5) is 0 Å². The van der Waals surface area contributed by atoms with Crippen molar-refractivity contribution < 1.29 is 0 Å². The van der Waals surface area contributed by atoms with Gasteiger partial charge in [0, 0.05) is 6.04 Å². The van der Waals surface area contributed by atoms with E-state index in [0.717, 1.165) is 12.5 Å². The number of rotatable bonds is 2. The van der Waals surface area contributed by atoms with E-state index in [1.54, 1.807) is 0 Å². The molecule has 0 radical (unpaired) electrons. The van der Waals surface area contributed by atoms with Gasteiger partial charge < -0.3 is 5.32 Å². The second-order valence-corrected chi connectivity index (χ2v) is 4.27. The van der Waals surface area contributed by atoms with Crippen LogP contribution >= 0.6 is 0 Å². The molecule has 2 unspecified atom stereocenters. The highest BCUT2D eigenvalue weighted by molar-refractivity contribution is 5.32. The van der Waals surface area contributed by atoms with Gasteiger partial charge in [-0.25, -0.2) is 0 Å². The second-order valence-electron chi connectivity index (χ2n) is 4.27. The highest BCUT2D eigenvalue weighted by Crippen LogP contribution is 2.29. The Bertz CT molecular complexity index is 306. The van der Waals surface area contributed by atoms with Gasteiger partial charge in [-0.3, -0.25) is 0 Å². The first kappa shape index (κ1) is 9.72. The van der Waals surface area contributed by atoms with Crippen molar-refractivity contribution in [2.45, 2.75) is 32.7 Å². The van der Waals surface area contributed by atoms with Crippen molar-refractivity contribution >= 4 is 0 Å². The largest absolute Gasteiger partial charge is 0.309 e. The van der Waals surface area contributed by atoms with Crippen LogP contribution in [0.1, 0.15) is 37.4 Å². The Balaban J connectivity index is 2.30. The minimum absolute atomic E-state index is 0.574. The average molecular weight is 189 g/mol. The van der Waals surface area contributed by atoms with Crippen molar-refractivity contribution in [3.05, 3.63) is 35.4 Å². The number of nitrogens with one attached hydrogen (secondary N) is 1. The molecule has 14 heavy (non-hydrogen) atoms. The summed E-state index contributed by atoms with van der Waals surface area (Å²) in [4.78, 5) is 0. The molecule has 0 saturated heterocycles. The summed E-state index contributed by atoms with van der Waals surface area (Å²) < 4.78 is 0. The van der Waals surface area contributed by atoms with Gasteiger partial charge in [0.15, 0.2) is 0 Å². The summed E-state index contributed by atoms with van der Waals surface area (Å²) in [5, 5.41) is 3.63. The number of benzene rings is 1. The van der Waals surface area contributed by atoms with Gasteiger partial charge in [-0.2, -0.15) is 0 Å². The van der Waals surface area contributed by atoms with Crippen LogP contribution in [0, 0.1) is 5.92 Å². The number of hydrogen-bond donors (Lipinski definition) is 1. The van der Waals surface area contributed by atoms with Crippen LogP contribution in [0.25, 0.3) is 0 Å². The topological polar surface area (TPSA) is 12.0 Å². The van der Waals surface area contributed by atoms with Crippen LogP contribution in [-0.2, 0) is 6.42 Å². The SMILES string of the molecule is CCC(C)C1NCCc2ccccc21. The summed E-state index contributed by atoms with van der Waals surface area (Å²) in [6, 6.07) is 9.42. The van der Waals surface area contributed by atoms with Crippen molar-refractivity contribution in [3.8, 4) is 0 Å². The summed E-state index contributed by atoms with van der Waals surface area (Å²) in [6.45, 7) is 5.73. The molecule has 1 nitrogen and oxygen atoms in total. The minimum atomic E-state index is 0.574. The number of hydrogen-bond acceptors (Lipinski definition) is 1. The molecular weight excluding hydrogens is 170 g/mol. The lowest BCUT2D eigenvalue weighted by Crippen LogP contribution is -2.33. The zero-order valence-corrected chi connectivity index (χ0v) is 9.09. The van der Waals surface area contributed by atoms with Gasteiger partial charge in [-0.1, -0.05) is 44.5 Å². The fraction of sp³-hybridized carbons (Fsp3) is 0.538. The fourth-order valence-electron chi connectivity index (χ4n) is 2.28. The van der Waals surface area contributed by atoms with E-state index < -0.39 is 0 Å². The molecule has 1 aliphatic rings. The van der Waals surface area contributed by atoms with E-state index in [0.29, 0.717) is 6.04 Å². The molecule has 1 heterocycles. The molecule has 2 atom stereocenters. The Hall–Kier alpha value is -0.820. The standard InChI is InChI=1S/C13H19N/c1-3-10(2)13-12-7-5-4-6-11(12)8-9-14-13/h4-7,10,13-14H,3,8-9H2,1-2H3. The summed E-state index contributed by atoms with van der Waals surface area (Å²) in [5.41, 5.74) is 3.06. The third-order valence-electron chi connectivity index (χ3n) is 3.36. The van der Waals surface area contributed by atoms with Crippen molar-refractivity contribution in [1.82, 2.24) is 5.32 Å². The lowest BCUT2D eigenvalue weighted by atomic mass is 9.86. The Labute approximate surface area is 86.5 Å². The predicted octanol–water partition coefficient (Wildman–Crippen LogP) is 2.92. The minimum Gasteiger partial charge on any atom is -0.309 e. The van der Waals surface area contributed by atoms with Gasteiger partial charge in [-0.15, -0.1) is 0 Å². The van der Waals surface area contributed by atoms with Gasteiger partial charge in [0.25, 0.3) is 0 Å². The molecule has 0 bridgehead atoms. The normalized spacial score (nSPS) is 22.9. The summed E-state index contributed by atoms with van der Waals surface area (Å²) >= 11 is 0. The maximum atomic E-state index is 3.63. The van der Waals surface area contributed by atoms with Crippen LogP contribution in [0.2, 0.25) is 0 Å². The van der Waals surface area contributed by atoms with E-state index in [9.17, 15) is 0 Å². The van der Waals surface area contributed by atoms with Crippen molar-refractivity contribution in [1.29, 1.82) is 0 Å². The van der Waals surface area contributed by atoms with E-state index in [1.807, 2.05) is 0 Å². The van der Waals surface area contributed by atoms with Gasteiger partial charge in [0.2, 0.25) is 0 Å². The van der Waals surface area contributed by atoms with Crippen LogP contribution in [0.15, 0.2) is 24.3 Å². The van der Waals surface area contributed by atoms with Gasteiger partial charge in [-0.05, 0) is 30.0 Å². The first-order chi connectivity index (χ1) is 6.83. The van der Waals surface area contributed by atoms with E-state index >= 15 is 0 Å². The maximum Gasteiger partial charge on any atom is 0.0348 e. The molecule has 0 aromatic heterocycles. The third kappa shape index (κ3) is 1.69. The Morgan fingerprint density at radius 1 is 1.43 bits per heavy atom. The Kier molecular flexibility index (Phi) is 2.87. The zero-order chi connectivity index (χ0) is 9.97. The lowest BCUT2D eigenvalue weighted by molar-refractivity contribution is 0.363. The molecule has 1 aromatic rings. The third-order valence-corrected chi connectivity index (χ3v) is 3.36. The Morgan fingerprint density at radius 3 is 3.00 bits per heavy atom. The lowest BCUT2D eigenvalue weighted by Gasteiger charge is -2.31. The second kappa shape index (κ2) is 4.14. The van der Waals surface area contributed by atoms with Crippen molar-refractivity contribution in [2.24, 2.45) is 5.92 Å². The maximum absolute atomic E-state index is 3.63. The van der Waals surface area contributed by atoms with Crippen LogP contribution < -0.4 is 5.32 Å². The molecular formula is C13H19N. The highest BCUT2D eigenvalue weighted by atomic mass is 14.9. The van der Waals surface area contributed by atoms with E-state index in [2.05, 4.69) is 43.4 Å². The molecule has 76 valence electrons. The molecule has 1 heteroatoms. The predicted molar refractivity (Wildman–Crippen MR) is 60.3 cm³/mol. The monoisotopic (exact) mass is 189 g/mol. The van der Waals surface area contributed by atoms with Gasteiger partial charge >= 0.3 is 0 Å². The van der Waals surface area contributed by atoms with E-state index in [1.165, 1.54) is 24.0 Å². The summed E-state index contributed by atoms with van der Waals surface area (Å²) in [6.07, 6.45) is 2.43. The van der Waals surface area contributed by atoms with E-state index in [-0.39, 0.29) is 0 Å². The highest BCUT2D eigenvalue weighted by Gasteiger charge is 2.22. The molecule has 0 spiro atoms. The smallest absolute Gasteiger partial charge is 0.0348 e. The zero-order valence-electron chi connectivity index (χ0n) is 9.09. The molecule has 1 N–H and O–H groups in total. The number of fused-ring (bicyclic) bond motifs is 1. The van der Waals surface area contributed by atoms with E-state index in [4.69, 9.17) is 0 Å². The average Bonchev–Trinajstić information content (AvgIpc) is 2.27. The molecule has 0 fully saturated rings. The first-order valence-electron chi connectivity index (χ1n) is 5.64. The van der Waals surface area contributed by atoms with Crippen LogP contribution in [-0.4, -0.2) is 6.54 Å².